The first-order valence-electron chi connectivity index (χ1n) is 6.44. The standard InChI is InChI=1S/C16H12Cl2N2OS/c1-10(11-5-3-2-4-6-11)16(21)20-12-7-8-13(22-9-19)15(18)14(12)17/h2-8,10H,1H3,(H,20,21)/t10-/m1/s1. The van der Waals surface area contributed by atoms with Crippen LogP contribution in [0.4, 0.5) is 5.69 Å². The molecule has 6 heteroatoms. The molecule has 0 saturated carbocycles. The van der Waals surface area contributed by atoms with E-state index in [4.69, 9.17) is 28.5 Å². The molecule has 1 N–H and O–H groups in total. The van der Waals surface area contributed by atoms with Crippen molar-refractivity contribution in [1.29, 1.82) is 5.26 Å². The van der Waals surface area contributed by atoms with Crippen molar-refractivity contribution >= 4 is 46.6 Å². The van der Waals surface area contributed by atoms with Gasteiger partial charge in [-0.05, 0) is 36.4 Å². The number of nitrogens with zero attached hydrogens (tertiary/aromatic N) is 1. The van der Waals surface area contributed by atoms with Crippen LogP contribution in [0.1, 0.15) is 18.4 Å². The van der Waals surface area contributed by atoms with Gasteiger partial charge in [-0.1, -0.05) is 53.5 Å². The SMILES string of the molecule is C[C@@H](C(=O)Nc1ccc(SC#N)c(Cl)c1Cl)c1ccccc1. The van der Waals surface area contributed by atoms with Gasteiger partial charge in [0.25, 0.3) is 0 Å². The van der Waals surface area contributed by atoms with Crippen molar-refractivity contribution in [3.63, 3.8) is 0 Å². The van der Waals surface area contributed by atoms with E-state index in [0.29, 0.717) is 10.6 Å². The van der Waals surface area contributed by atoms with E-state index >= 15 is 0 Å². The molecule has 0 aliphatic rings. The molecule has 0 fully saturated rings. The smallest absolute Gasteiger partial charge is 0.231 e. The van der Waals surface area contributed by atoms with Crippen LogP contribution >= 0.6 is 35.0 Å². The van der Waals surface area contributed by atoms with E-state index in [9.17, 15) is 4.79 Å². The molecule has 2 rings (SSSR count). The van der Waals surface area contributed by atoms with Crippen LogP contribution in [0, 0.1) is 10.7 Å². The number of hydrogen-bond acceptors (Lipinski definition) is 3. The molecule has 112 valence electrons. The number of amides is 1. The van der Waals surface area contributed by atoms with Gasteiger partial charge in [0.15, 0.2) is 0 Å². The second-order valence-corrected chi connectivity index (χ2v) is 6.14. The average Bonchev–Trinajstić information content (AvgIpc) is 2.54. The molecule has 22 heavy (non-hydrogen) atoms. The van der Waals surface area contributed by atoms with Crippen LogP contribution in [0.3, 0.4) is 0 Å². The molecule has 1 amide bonds. The van der Waals surface area contributed by atoms with Crippen LogP contribution in [0.2, 0.25) is 10.0 Å². The first-order valence-corrected chi connectivity index (χ1v) is 8.01. The molecule has 0 spiro atoms. The van der Waals surface area contributed by atoms with E-state index in [1.807, 2.05) is 42.7 Å². The summed E-state index contributed by atoms with van der Waals surface area (Å²) in [4.78, 5) is 12.9. The Kier molecular flexibility index (Phi) is 5.73. The lowest BCUT2D eigenvalue weighted by molar-refractivity contribution is -0.117. The maximum absolute atomic E-state index is 12.3. The van der Waals surface area contributed by atoms with E-state index in [-0.39, 0.29) is 21.9 Å². The van der Waals surface area contributed by atoms with Gasteiger partial charge in [-0.15, -0.1) is 0 Å². The third-order valence-corrected chi connectivity index (χ3v) is 4.80. The summed E-state index contributed by atoms with van der Waals surface area (Å²) in [6.07, 6.45) is 0. The molecular weight excluding hydrogens is 339 g/mol. The predicted molar refractivity (Wildman–Crippen MR) is 91.4 cm³/mol. The quantitative estimate of drug-likeness (QED) is 0.600. The summed E-state index contributed by atoms with van der Waals surface area (Å²) in [6.45, 7) is 1.82. The first kappa shape index (κ1) is 16.7. The molecule has 0 heterocycles. The van der Waals surface area contributed by atoms with Gasteiger partial charge in [-0.2, -0.15) is 5.26 Å². The third kappa shape index (κ3) is 3.75. The molecule has 1 atom stereocenters. The first-order chi connectivity index (χ1) is 10.5. The summed E-state index contributed by atoms with van der Waals surface area (Å²) in [7, 11) is 0. The number of halogens is 2. The van der Waals surface area contributed by atoms with Crippen molar-refractivity contribution in [2.24, 2.45) is 0 Å². The van der Waals surface area contributed by atoms with Crippen molar-refractivity contribution in [2.45, 2.75) is 17.7 Å². The molecule has 0 radical (unpaired) electrons. The fraction of sp³-hybridized carbons (Fsp3) is 0.125. The van der Waals surface area contributed by atoms with Crippen LogP contribution in [0.25, 0.3) is 0 Å². The summed E-state index contributed by atoms with van der Waals surface area (Å²) in [6, 6.07) is 12.8. The minimum Gasteiger partial charge on any atom is -0.324 e. The third-order valence-electron chi connectivity index (χ3n) is 3.15. The number of hydrogen-bond donors (Lipinski definition) is 1. The van der Waals surface area contributed by atoms with E-state index in [1.165, 1.54) is 0 Å². The maximum atomic E-state index is 12.3. The Morgan fingerprint density at radius 1 is 1.18 bits per heavy atom. The Bertz CT molecular complexity index is 729. The van der Waals surface area contributed by atoms with Gasteiger partial charge in [-0.25, -0.2) is 0 Å². The topological polar surface area (TPSA) is 52.9 Å². The van der Waals surface area contributed by atoms with Crippen molar-refractivity contribution in [3.8, 4) is 5.40 Å². The highest BCUT2D eigenvalue weighted by atomic mass is 35.5. The number of carbonyl (C=O) groups is 1. The van der Waals surface area contributed by atoms with Gasteiger partial charge in [0, 0.05) is 4.90 Å². The minimum absolute atomic E-state index is 0.176. The maximum Gasteiger partial charge on any atom is 0.231 e. The molecule has 3 nitrogen and oxygen atoms in total. The summed E-state index contributed by atoms with van der Waals surface area (Å²) in [5.41, 5.74) is 1.35. The molecule has 2 aromatic carbocycles. The van der Waals surface area contributed by atoms with Crippen LogP contribution in [-0.2, 0) is 4.79 Å². The van der Waals surface area contributed by atoms with Crippen LogP contribution in [0.15, 0.2) is 47.4 Å². The number of nitrogens with one attached hydrogen (secondary N) is 1. The fourth-order valence-electron chi connectivity index (χ4n) is 1.89. The summed E-state index contributed by atoms with van der Waals surface area (Å²) in [5, 5.41) is 13.9. The minimum atomic E-state index is -0.316. The number of rotatable bonds is 4. The lowest BCUT2D eigenvalue weighted by Gasteiger charge is -2.14. The van der Waals surface area contributed by atoms with E-state index in [0.717, 1.165) is 17.3 Å². The summed E-state index contributed by atoms with van der Waals surface area (Å²) in [5.74, 6) is -0.492. The van der Waals surface area contributed by atoms with Crippen molar-refractivity contribution < 1.29 is 4.79 Å². The zero-order valence-electron chi connectivity index (χ0n) is 11.6. The molecule has 0 aromatic heterocycles. The molecule has 0 aliphatic heterocycles. The molecule has 0 unspecified atom stereocenters. The zero-order valence-corrected chi connectivity index (χ0v) is 14.0. The van der Waals surface area contributed by atoms with Gasteiger partial charge in [0.1, 0.15) is 5.40 Å². The average molecular weight is 351 g/mol. The van der Waals surface area contributed by atoms with E-state index < -0.39 is 0 Å². The Hall–Kier alpha value is -1.67. The van der Waals surface area contributed by atoms with Crippen molar-refractivity contribution in [3.05, 3.63) is 58.1 Å². The largest absolute Gasteiger partial charge is 0.324 e. The Labute approximate surface area is 143 Å². The van der Waals surface area contributed by atoms with E-state index in [1.54, 1.807) is 12.1 Å². The Balaban J connectivity index is 2.19. The fourth-order valence-corrected chi connectivity index (χ4v) is 2.87. The van der Waals surface area contributed by atoms with Crippen molar-refractivity contribution in [1.82, 2.24) is 0 Å². The van der Waals surface area contributed by atoms with Crippen LogP contribution in [0.5, 0.6) is 0 Å². The van der Waals surface area contributed by atoms with Gasteiger partial charge < -0.3 is 5.32 Å². The van der Waals surface area contributed by atoms with Gasteiger partial charge in [-0.3, -0.25) is 4.79 Å². The number of carbonyl (C=O) groups excluding carboxylic acids is 1. The number of benzene rings is 2. The highest BCUT2D eigenvalue weighted by Crippen LogP contribution is 2.38. The van der Waals surface area contributed by atoms with Gasteiger partial charge in [0.2, 0.25) is 5.91 Å². The zero-order chi connectivity index (χ0) is 16.1. The van der Waals surface area contributed by atoms with E-state index in [2.05, 4.69) is 5.32 Å². The van der Waals surface area contributed by atoms with Gasteiger partial charge >= 0.3 is 0 Å². The highest BCUT2D eigenvalue weighted by molar-refractivity contribution is 8.03. The molecule has 2 aromatic rings. The lowest BCUT2D eigenvalue weighted by atomic mass is 10.0. The van der Waals surface area contributed by atoms with Crippen molar-refractivity contribution in [2.75, 3.05) is 5.32 Å². The van der Waals surface area contributed by atoms with Crippen LogP contribution in [-0.4, -0.2) is 5.91 Å². The monoisotopic (exact) mass is 350 g/mol. The molecule has 0 bridgehead atoms. The number of thiocyanates is 1. The second-order valence-electron chi connectivity index (χ2n) is 4.55. The highest BCUT2D eigenvalue weighted by Gasteiger charge is 2.18. The molecule has 0 aliphatic carbocycles. The Morgan fingerprint density at radius 2 is 1.86 bits per heavy atom. The molecule has 0 saturated heterocycles. The number of anilines is 1. The lowest BCUT2D eigenvalue weighted by Crippen LogP contribution is -2.19. The number of thioether (sulfide) groups is 1. The number of nitriles is 1. The summed E-state index contributed by atoms with van der Waals surface area (Å²) < 4.78 is 0. The molecular formula is C16H12Cl2N2OS. The van der Waals surface area contributed by atoms with Crippen LogP contribution < -0.4 is 5.32 Å². The Morgan fingerprint density at radius 3 is 2.50 bits per heavy atom. The second kappa shape index (κ2) is 7.55. The predicted octanol–water partition coefficient (Wildman–Crippen LogP) is 5.31. The summed E-state index contributed by atoms with van der Waals surface area (Å²) >= 11 is 13.2. The normalized spacial score (nSPS) is 11.5. The van der Waals surface area contributed by atoms with Gasteiger partial charge in [0.05, 0.1) is 21.7 Å².